The Labute approximate surface area is 137 Å². The van der Waals surface area contributed by atoms with Crippen LogP contribution in [0.1, 0.15) is 27.2 Å². The Morgan fingerprint density at radius 3 is 2.22 bits per heavy atom. The predicted octanol–water partition coefficient (Wildman–Crippen LogP) is 1.64. The lowest BCUT2D eigenvalue weighted by atomic mass is 9.92. The number of benzene rings is 1. The van der Waals surface area contributed by atoms with Crippen molar-refractivity contribution in [1.29, 1.82) is 0 Å². The van der Waals surface area contributed by atoms with E-state index in [2.05, 4.69) is 10.6 Å². The Balaban J connectivity index is 2.36. The molecule has 0 aliphatic rings. The van der Waals surface area contributed by atoms with Gasteiger partial charge >= 0.3 is 0 Å². The molecule has 0 saturated heterocycles. The third kappa shape index (κ3) is 7.99. The molecule has 0 fully saturated rings. The zero-order valence-corrected chi connectivity index (χ0v) is 14.2. The Morgan fingerprint density at radius 2 is 1.65 bits per heavy atom. The maximum absolute atomic E-state index is 11.9. The van der Waals surface area contributed by atoms with Crippen LogP contribution in [0.3, 0.4) is 0 Å². The van der Waals surface area contributed by atoms with Crippen molar-refractivity contribution in [2.75, 3.05) is 25.5 Å². The van der Waals surface area contributed by atoms with Gasteiger partial charge in [0.1, 0.15) is 0 Å². The largest absolute Gasteiger partial charge is 0.347 e. The third-order valence-electron chi connectivity index (χ3n) is 2.99. The van der Waals surface area contributed by atoms with Crippen molar-refractivity contribution in [3.8, 4) is 0 Å². The van der Waals surface area contributed by atoms with E-state index in [1.807, 2.05) is 39.0 Å². The summed E-state index contributed by atoms with van der Waals surface area (Å²) in [6.45, 7) is 5.68. The Hall–Kier alpha value is -2.37. The fourth-order valence-electron chi connectivity index (χ4n) is 1.88. The summed E-state index contributed by atoms with van der Waals surface area (Å²) in [6, 6.07) is 9.02. The van der Waals surface area contributed by atoms with Gasteiger partial charge in [0, 0.05) is 19.2 Å². The van der Waals surface area contributed by atoms with Crippen molar-refractivity contribution in [3.63, 3.8) is 0 Å². The van der Waals surface area contributed by atoms with Gasteiger partial charge in [0.25, 0.3) is 0 Å². The first-order valence-corrected chi connectivity index (χ1v) is 7.53. The van der Waals surface area contributed by atoms with Crippen LogP contribution < -0.4 is 10.6 Å². The molecule has 0 aromatic heterocycles. The predicted molar refractivity (Wildman–Crippen MR) is 89.8 cm³/mol. The molecule has 6 heteroatoms. The molecule has 0 spiro atoms. The fourth-order valence-corrected chi connectivity index (χ4v) is 1.88. The van der Waals surface area contributed by atoms with Crippen LogP contribution in [0.4, 0.5) is 5.69 Å². The van der Waals surface area contributed by atoms with Gasteiger partial charge in [-0.25, -0.2) is 0 Å². The first kappa shape index (κ1) is 18.7. The highest BCUT2D eigenvalue weighted by Crippen LogP contribution is 2.17. The number of rotatable bonds is 6. The summed E-state index contributed by atoms with van der Waals surface area (Å²) in [4.78, 5) is 36.8. The maximum Gasteiger partial charge on any atom is 0.243 e. The average molecular weight is 319 g/mol. The third-order valence-corrected chi connectivity index (χ3v) is 2.99. The first-order chi connectivity index (χ1) is 10.7. The van der Waals surface area contributed by atoms with E-state index >= 15 is 0 Å². The number of para-hydroxylation sites is 1. The molecule has 126 valence electrons. The molecule has 1 rings (SSSR count). The summed E-state index contributed by atoms with van der Waals surface area (Å²) in [6.07, 6.45) is 0.346. The van der Waals surface area contributed by atoms with Gasteiger partial charge in [-0.15, -0.1) is 0 Å². The Kier molecular flexibility index (Phi) is 6.75. The second-order valence-corrected chi connectivity index (χ2v) is 6.68. The van der Waals surface area contributed by atoms with Crippen LogP contribution in [0, 0.1) is 5.41 Å². The number of carbonyl (C=O) groups excluding carboxylic acids is 3. The minimum atomic E-state index is -0.310. The Bertz CT molecular complexity index is 550. The van der Waals surface area contributed by atoms with Gasteiger partial charge < -0.3 is 15.5 Å². The van der Waals surface area contributed by atoms with E-state index in [0.29, 0.717) is 12.1 Å². The molecular formula is C17H25N3O3. The number of hydrogen-bond donors (Lipinski definition) is 2. The lowest BCUT2D eigenvalue weighted by Crippen LogP contribution is -2.42. The number of anilines is 1. The SMILES string of the molecule is CN(CC(=O)Nc1ccccc1)C(=O)CNC(=O)CC(C)(C)C. The standard InChI is InChI=1S/C17H25N3O3/c1-17(2,3)10-14(21)18-11-16(23)20(4)12-15(22)19-13-8-6-5-7-9-13/h5-9H,10-12H2,1-4H3,(H,18,21)(H,19,22). The number of carbonyl (C=O) groups is 3. The summed E-state index contributed by atoms with van der Waals surface area (Å²) in [5.41, 5.74) is 0.547. The quantitative estimate of drug-likeness (QED) is 0.836. The molecular weight excluding hydrogens is 294 g/mol. The van der Waals surface area contributed by atoms with Crippen LogP contribution in [0.2, 0.25) is 0 Å². The van der Waals surface area contributed by atoms with Gasteiger partial charge in [-0.3, -0.25) is 14.4 Å². The van der Waals surface area contributed by atoms with Crippen LogP contribution in [0.25, 0.3) is 0 Å². The molecule has 0 bridgehead atoms. The van der Waals surface area contributed by atoms with Crippen LogP contribution in [0.15, 0.2) is 30.3 Å². The first-order valence-electron chi connectivity index (χ1n) is 7.53. The van der Waals surface area contributed by atoms with Crippen molar-refractivity contribution in [3.05, 3.63) is 30.3 Å². The number of likely N-dealkylation sites (N-methyl/N-ethyl adjacent to an activating group) is 1. The van der Waals surface area contributed by atoms with E-state index in [-0.39, 0.29) is 36.2 Å². The number of nitrogens with zero attached hydrogens (tertiary/aromatic N) is 1. The average Bonchev–Trinajstić information content (AvgIpc) is 2.43. The highest BCUT2D eigenvalue weighted by atomic mass is 16.2. The van der Waals surface area contributed by atoms with Crippen molar-refractivity contribution < 1.29 is 14.4 Å². The zero-order chi connectivity index (χ0) is 17.5. The van der Waals surface area contributed by atoms with E-state index in [1.165, 1.54) is 11.9 Å². The van der Waals surface area contributed by atoms with Gasteiger partial charge in [-0.2, -0.15) is 0 Å². The number of amides is 3. The molecule has 0 atom stereocenters. The van der Waals surface area contributed by atoms with Crippen LogP contribution in [-0.2, 0) is 14.4 Å². The Morgan fingerprint density at radius 1 is 1.04 bits per heavy atom. The van der Waals surface area contributed by atoms with Crippen LogP contribution in [-0.4, -0.2) is 42.8 Å². The molecule has 2 N–H and O–H groups in total. The molecule has 0 unspecified atom stereocenters. The summed E-state index contributed by atoms with van der Waals surface area (Å²) in [5, 5.41) is 5.28. The van der Waals surface area contributed by atoms with E-state index in [0.717, 1.165) is 0 Å². The van der Waals surface area contributed by atoms with Crippen molar-refractivity contribution in [1.82, 2.24) is 10.2 Å². The maximum atomic E-state index is 11.9. The normalized spacial score (nSPS) is 10.8. The van der Waals surface area contributed by atoms with Crippen LogP contribution in [0.5, 0.6) is 0 Å². The molecule has 23 heavy (non-hydrogen) atoms. The van der Waals surface area contributed by atoms with Crippen LogP contribution >= 0.6 is 0 Å². The molecule has 0 heterocycles. The summed E-state index contributed by atoms with van der Waals surface area (Å²) in [5.74, 6) is -0.767. The minimum absolute atomic E-state index is 0.0666. The smallest absolute Gasteiger partial charge is 0.243 e. The lowest BCUT2D eigenvalue weighted by molar-refractivity contribution is -0.134. The van der Waals surface area contributed by atoms with Gasteiger partial charge in [0.05, 0.1) is 13.1 Å². The number of hydrogen-bond acceptors (Lipinski definition) is 3. The summed E-state index contributed by atoms with van der Waals surface area (Å²) >= 11 is 0. The lowest BCUT2D eigenvalue weighted by Gasteiger charge is -2.19. The topological polar surface area (TPSA) is 78.5 Å². The van der Waals surface area contributed by atoms with E-state index in [1.54, 1.807) is 12.1 Å². The molecule has 0 radical (unpaired) electrons. The summed E-state index contributed by atoms with van der Waals surface area (Å²) in [7, 11) is 1.53. The van der Waals surface area contributed by atoms with Gasteiger partial charge in [-0.1, -0.05) is 39.0 Å². The van der Waals surface area contributed by atoms with E-state index < -0.39 is 0 Å². The van der Waals surface area contributed by atoms with E-state index in [9.17, 15) is 14.4 Å². The molecule has 3 amide bonds. The van der Waals surface area contributed by atoms with Crippen molar-refractivity contribution in [2.45, 2.75) is 27.2 Å². The zero-order valence-electron chi connectivity index (χ0n) is 14.2. The second-order valence-electron chi connectivity index (χ2n) is 6.68. The minimum Gasteiger partial charge on any atom is -0.347 e. The highest BCUT2D eigenvalue weighted by molar-refractivity contribution is 5.95. The molecule has 1 aromatic rings. The molecule has 6 nitrogen and oxygen atoms in total. The van der Waals surface area contributed by atoms with Crippen molar-refractivity contribution in [2.24, 2.45) is 5.41 Å². The fraction of sp³-hybridized carbons (Fsp3) is 0.471. The summed E-state index contributed by atoms with van der Waals surface area (Å²) < 4.78 is 0. The van der Waals surface area contributed by atoms with E-state index in [4.69, 9.17) is 0 Å². The second kappa shape index (κ2) is 8.31. The van der Waals surface area contributed by atoms with Crippen molar-refractivity contribution >= 4 is 23.4 Å². The highest BCUT2D eigenvalue weighted by Gasteiger charge is 2.18. The molecule has 0 saturated carbocycles. The molecule has 0 aliphatic carbocycles. The monoisotopic (exact) mass is 319 g/mol. The number of nitrogens with one attached hydrogen (secondary N) is 2. The van der Waals surface area contributed by atoms with Gasteiger partial charge in [-0.05, 0) is 17.5 Å². The van der Waals surface area contributed by atoms with Gasteiger partial charge in [0.2, 0.25) is 17.7 Å². The van der Waals surface area contributed by atoms with Gasteiger partial charge in [0.15, 0.2) is 0 Å². The molecule has 1 aromatic carbocycles. The molecule has 0 aliphatic heterocycles.